The lowest BCUT2D eigenvalue weighted by molar-refractivity contribution is 0.249. The Kier molecular flexibility index (Phi) is 4.93. The third kappa shape index (κ3) is 3.48. The number of thiophene rings is 1. The zero-order chi connectivity index (χ0) is 18.9. The fraction of sp³-hybridized carbons (Fsp3) is 0.333. The van der Waals surface area contributed by atoms with E-state index >= 15 is 0 Å². The lowest BCUT2D eigenvalue weighted by Crippen LogP contribution is -2.46. The molecule has 1 saturated heterocycles. The van der Waals surface area contributed by atoms with Crippen molar-refractivity contribution in [2.75, 3.05) is 37.6 Å². The van der Waals surface area contributed by atoms with Crippen LogP contribution in [0, 0.1) is 0 Å². The maximum Gasteiger partial charge on any atom is 0.143 e. The highest BCUT2D eigenvalue weighted by Crippen LogP contribution is 2.31. The van der Waals surface area contributed by atoms with Crippen LogP contribution in [0.1, 0.15) is 6.42 Å². The van der Waals surface area contributed by atoms with Crippen molar-refractivity contribution in [2.24, 2.45) is 0 Å². The Morgan fingerprint density at radius 1 is 0.964 bits per heavy atom. The van der Waals surface area contributed by atoms with Crippen molar-refractivity contribution < 1.29 is 0 Å². The molecule has 2 aromatic carbocycles. The average molecular weight is 412 g/mol. The van der Waals surface area contributed by atoms with Crippen LogP contribution in [-0.2, 0) is 6.54 Å². The Balaban J connectivity index is 1.16. The van der Waals surface area contributed by atoms with E-state index in [2.05, 4.69) is 61.2 Å². The van der Waals surface area contributed by atoms with Gasteiger partial charge in [-0.05, 0) is 30.7 Å². The van der Waals surface area contributed by atoms with Crippen molar-refractivity contribution in [2.45, 2.75) is 13.0 Å². The first-order valence-electron chi connectivity index (χ1n) is 9.71. The highest BCUT2D eigenvalue weighted by molar-refractivity contribution is 7.25. The molecular formula is C21H22ClN5S. The third-order valence-corrected chi connectivity index (χ3v) is 6.84. The van der Waals surface area contributed by atoms with Gasteiger partial charge in [-0.1, -0.05) is 41.1 Å². The highest BCUT2D eigenvalue weighted by atomic mass is 35.5. The fourth-order valence-corrected chi connectivity index (χ4v) is 5.22. The summed E-state index contributed by atoms with van der Waals surface area (Å²) in [4.78, 5) is 6.15. The van der Waals surface area contributed by atoms with E-state index in [0.29, 0.717) is 0 Å². The van der Waals surface area contributed by atoms with Gasteiger partial charge in [0.2, 0.25) is 0 Å². The Bertz CT molecular complexity index is 1100. The van der Waals surface area contributed by atoms with Crippen LogP contribution in [0.4, 0.5) is 5.69 Å². The van der Waals surface area contributed by atoms with Crippen molar-refractivity contribution in [1.29, 1.82) is 0 Å². The van der Waals surface area contributed by atoms with Gasteiger partial charge >= 0.3 is 0 Å². The molecule has 28 heavy (non-hydrogen) atoms. The molecule has 0 spiro atoms. The minimum atomic E-state index is 0.806. The van der Waals surface area contributed by atoms with E-state index in [1.54, 1.807) is 11.3 Å². The predicted octanol–water partition coefficient (Wildman–Crippen LogP) is 4.51. The molecule has 0 aliphatic carbocycles. The number of nitrogens with zero attached hydrogens (tertiary/aromatic N) is 5. The largest absolute Gasteiger partial charge is 0.369 e. The zero-order valence-electron chi connectivity index (χ0n) is 15.6. The van der Waals surface area contributed by atoms with Gasteiger partial charge in [0, 0.05) is 60.1 Å². The van der Waals surface area contributed by atoms with E-state index < -0.39 is 0 Å². The summed E-state index contributed by atoms with van der Waals surface area (Å²) in [5, 5.41) is 10.8. The van der Waals surface area contributed by atoms with Gasteiger partial charge in [-0.3, -0.25) is 4.90 Å². The summed E-state index contributed by atoms with van der Waals surface area (Å²) in [7, 11) is 0. The summed E-state index contributed by atoms with van der Waals surface area (Å²) in [6.07, 6.45) is 1.09. The van der Waals surface area contributed by atoms with Gasteiger partial charge in [0.1, 0.15) is 10.3 Å². The number of fused-ring (bicyclic) bond motifs is 3. The SMILES string of the molecule is Clc1cccc(N2CCN(CCCn3nnc4c5ccccc5sc43)CC2)c1. The van der Waals surface area contributed by atoms with Crippen LogP contribution in [-0.4, -0.2) is 52.6 Å². The van der Waals surface area contributed by atoms with Crippen molar-refractivity contribution in [1.82, 2.24) is 19.9 Å². The van der Waals surface area contributed by atoms with Crippen molar-refractivity contribution in [3.05, 3.63) is 53.6 Å². The Morgan fingerprint density at radius 3 is 2.68 bits per heavy atom. The van der Waals surface area contributed by atoms with Gasteiger partial charge in [0.05, 0.1) is 0 Å². The summed E-state index contributed by atoms with van der Waals surface area (Å²) in [6, 6.07) is 16.6. The fourth-order valence-electron chi connectivity index (χ4n) is 3.92. The quantitative estimate of drug-likeness (QED) is 0.484. The molecule has 4 aromatic rings. The highest BCUT2D eigenvalue weighted by Gasteiger charge is 2.17. The molecule has 1 fully saturated rings. The van der Waals surface area contributed by atoms with E-state index in [1.807, 2.05) is 12.1 Å². The molecule has 2 aromatic heterocycles. The number of hydrogen-bond acceptors (Lipinski definition) is 5. The number of hydrogen-bond donors (Lipinski definition) is 0. The number of piperazine rings is 1. The first-order valence-corrected chi connectivity index (χ1v) is 10.9. The molecule has 144 valence electrons. The van der Waals surface area contributed by atoms with Crippen LogP contribution in [0.25, 0.3) is 20.4 Å². The van der Waals surface area contributed by atoms with Gasteiger partial charge in [-0.25, -0.2) is 4.68 Å². The summed E-state index contributed by atoms with van der Waals surface area (Å²) in [6.45, 7) is 6.27. The molecule has 0 radical (unpaired) electrons. The number of benzene rings is 2. The molecule has 0 N–H and O–H groups in total. The maximum atomic E-state index is 6.13. The van der Waals surface area contributed by atoms with Crippen LogP contribution in [0.5, 0.6) is 0 Å². The number of rotatable bonds is 5. The predicted molar refractivity (Wildman–Crippen MR) is 118 cm³/mol. The summed E-state index contributed by atoms with van der Waals surface area (Å²) in [5.74, 6) is 0. The lowest BCUT2D eigenvalue weighted by atomic mass is 10.2. The molecule has 5 nitrogen and oxygen atoms in total. The van der Waals surface area contributed by atoms with Gasteiger partial charge < -0.3 is 4.90 Å². The van der Waals surface area contributed by atoms with Gasteiger partial charge in [-0.15, -0.1) is 16.4 Å². The van der Waals surface area contributed by atoms with Crippen LogP contribution in [0.2, 0.25) is 5.02 Å². The molecule has 1 aliphatic heterocycles. The number of anilines is 1. The van der Waals surface area contributed by atoms with Crippen LogP contribution in [0.3, 0.4) is 0 Å². The molecule has 5 rings (SSSR count). The van der Waals surface area contributed by atoms with Crippen molar-refractivity contribution in [3.63, 3.8) is 0 Å². The maximum absolute atomic E-state index is 6.13. The van der Waals surface area contributed by atoms with Gasteiger partial charge in [0.15, 0.2) is 0 Å². The molecule has 0 unspecified atom stereocenters. The normalized spacial score (nSPS) is 15.7. The van der Waals surface area contributed by atoms with Crippen molar-refractivity contribution >= 4 is 49.1 Å². The molecule has 0 bridgehead atoms. The Morgan fingerprint density at radius 2 is 1.82 bits per heavy atom. The van der Waals surface area contributed by atoms with E-state index in [4.69, 9.17) is 11.6 Å². The first-order chi connectivity index (χ1) is 13.8. The van der Waals surface area contributed by atoms with E-state index in [-0.39, 0.29) is 0 Å². The van der Waals surface area contributed by atoms with Gasteiger partial charge in [-0.2, -0.15) is 0 Å². The van der Waals surface area contributed by atoms with Crippen LogP contribution in [0.15, 0.2) is 48.5 Å². The zero-order valence-corrected chi connectivity index (χ0v) is 17.2. The number of halogens is 1. The molecule has 1 aliphatic rings. The minimum absolute atomic E-state index is 0.806. The standard InChI is InChI=1S/C21H22ClN5S/c22-16-5-3-6-17(15-16)26-13-11-25(12-14-26)9-4-10-27-21-20(23-24-27)18-7-1-2-8-19(18)28-21/h1-3,5-8,15H,4,9-14H2. The third-order valence-electron chi connectivity index (χ3n) is 5.43. The molecule has 0 saturated carbocycles. The number of aryl methyl sites for hydroxylation is 1. The Hall–Kier alpha value is -2.15. The second kappa shape index (κ2) is 7.70. The summed E-state index contributed by atoms with van der Waals surface area (Å²) < 4.78 is 3.36. The number of aromatic nitrogens is 3. The monoisotopic (exact) mass is 411 g/mol. The molecule has 0 amide bonds. The lowest BCUT2D eigenvalue weighted by Gasteiger charge is -2.36. The van der Waals surface area contributed by atoms with E-state index in [0.717, 1.165) is 56.2 Å². The van der Waals surface area contributed by atoms with Gasteiger partial charge in [0.25, 0.3) is 0 Å². The van der Waals surface area contributed by atoms with E-state index in [9.17, 15) is 0 Å². The smallest absolute Gasteiger partial charge is 0.143 e. The first kappa shape index (κ1) is 17.9. The minimum Gasteiger partial charge on any atom is -0.369 e. The molecule has 3 heterocycles. The second-order valence-electron chi connectivity index (χ2n) is 7.23. The van der Waals surface area contributed by atoms with E-state index in [1.165, 1.54) is 20.6 Å². The molecular weight excluding hydrogens is 390 g/mol. The average Bonchev–Trinajstić information content (AvgIpc) is 3.28. The second-order valence-corrected chi connectivity index (χ2v) is 8.69. The summed E-state index contributed by atoms with van der Waals surface area (Å²) in [5.41, 5.74) is 2.26. The summed E-state index contributed by atoms with van der Waals surface area (Å²) >= 11 is 7.91. The topological polar surface area (TPSA) is 37.2 Å². The molecule has 0 atom stereocenters. The van der Waals surface area contributed by atoms with Crippen LogP contribution >= 0.6 is 22.9 Å². The molecule has 7 heteroatoms. The Labute approximate surface area is 173 Å². The van der Waals surface area contributed by atoms with Crippen LogP contribution < -0.4 is 4.90 Å². The van der Waals surface area contributed by atoms with Crippen molar-refractivity contribution in [3.8, 4) is 0 Å².